The van der Waals surface area contributed by atoms with Gasteiger partial charge in [-0.3, -0.25) is 0 Å². The van der Waals surface area contributed by atoms with Crippen molar-refractivity contribution in [3.8, 4) is 0 Å². The molecule has 1 unspecified atom stereocenters. The van der Waals surface area contributed by atoms with Gasteiger partial charge in [-0.25, -0.2) is 0 Å². The lowest BCUT2D eigenvalue weighted by molar-refractivity contribution is 1.15. The molecule has 0 radical (unpaired) electrons. The maximum absolute atomic E-state index is 3.78. The minimum atomic E-state index is 0.167. The third kappa shape index (κ3) is 3.47. The number of rotatable bonds is 2. The molecule has 0 aliphatic carbocycles. The van der Waals surface area contributed by atoms with E-state index in [0.717, 1.165) is 13.4 Å². The Morgan fingerprint density at radius 2 is 1.61 bits per heavy atom. The van der Waals surface area contributed by atoms with Crippen LogP contribution in [0.4, 0.5) is 0 Å². The fourth-order valence-corrected chi connectivity index (χ4v) is 4.23. The van der Waals surface area contributed by atoms with Crippen molar-refractivity contribution in [2.45, 2.75) is 11.8 Å². The van der Waals surface area contributed by atoms with Crippen molar-refractivity contribution in [3.63, 3.8) is 0 Å². The first-order valence-corrected chi connectivity index (χ1v) is 8.63. The average molecular weight is 498 g/mol. The fraction of sp³-hybridized carbons (Fsp3) is 0.143. The van der Waals surface area contributed by atoms with Crippen molar-refractivity contribution in [1.29, 1.82) is 0 Å². The van der Waals surface area contributed by atoms with Gasteiger partial charge in [0.05, 0.1) is 4.83 Å². The molecule has 0 spiro atoms. The lowest BCUT2D eigenvalue weighted by Crippen LogP contribution is -1.95. The number of hydrogen-bond acceptors (Lipinski definition) is 0. The van der Waals surface area contributed by atoms with E-state index in [1.54, 1.807) is 0 Å². The van der Waals surface area contributed by atoms with Crippen LogP contribution in [0.5, 0.6) is 0 Å². The van der Waals surface area contributed by atoms with Gasteiger partial charge in [0.1, 0.15) is 0 Å². The number of aryl methyl sites for hydroxylation is 1. The topological polar surface area (TPSA) is 0 Å². The van der Waals surface area contributed by atoms with Gasteiger partial charge < -0.3 is 0 Å². The van der Waals surface area contributed by atoms with Gasteiger partial charge in [0, 0.05) is 13.4 Å². The third-order valence-electron chi connectivity index (χ3n) is 2.59. The number of halogens is 4. The Morgan fingerprint density at radius 1 is 0.889 bits per heavy atom. The monoisotopic (exact) mass is 494 g/mol. The van der Waals surface area contributed by atoms with Crippen molar-refractivity contribution >= 4 is 63.7 Å². The van der Waals surface area contributed by atoms with Crippen molar-refractivity contribution < 1.29 is 0 Å². The fourth-order valence-electron chi connectivity index (χ4n) is 1.80. The van der Waals surface area contributed by atoms with E-state index < -0.39 is 0 Å². The summed E-state index contributed by atoms with van der Waals surface area (Å²) in [5.74, 6) is 0. The van der Waals surface area contributed by atoms with Crippen LogP contribution in [0.1, 0.15) is 21.5 Å². The molecule has 4 heteroatoms. The van der Waals surface area contributed by atoms with Gasteiger partial charge >= 0.3 is 0 Å². The molecule has 0 bridgehead atoms. The normalized spacial score (nSPS) is 12.5. The first kappa shape index (κ1) is 14.8. The maximum atomic E-state index is 3.78. The summed E-state index contributed by atoms with van der Waals surface area (Å²) < 4.78 is 3.29. The Morgan fingerprint density at radius 3 is 2.28 bits per heavy atom. The maximum Gasteiger partial charge on any atom is 0.0656 e. The lowest BCUT2D eigenvalue weighted by Gasteiger charge is -2.14. The summed E-state index contributed by atoms with van der Waals surface area (Å²) in [5, 5.41) is 0. The van der Waals surface area contributed by atoms with Crippen molar-refractivity contribution in [3.05, 3.63) is 66.5 Å². The molecule has 2 rings (SSSR count). The van der Waals surface area contributed by atoms with E-state index in [4.69, 9.17) is 0 Å². The van der Waals surface area contributed by atoms with Crippen LogP contribution in [0, 0.1) is 6.92 Å². The number of benzene rings is 2. The summed E-state index contributed by atoms with van der Waals surface area (Å²) in [6.45, 7) is 2.10. The van der Waals surface area contributed by atoms with E-state index >= 15 is 0 Å². The van der Waals surface area contributed by atoms with Crippen LogP contribution < -0.4 is 0 Å². The molecule has 0 N–H and O–H groups in total. The molecular weight excluding hydrogens is 488 g/mol. The minimum absolute atomic E-state index is 0.167. The number of hydrogen-bond donors (Lipinski definition) is 0. The number of alkyl halides is 1. The first-order chi connectivity index (χ1) is 8.47. The Bertz CT molecular complexity index is 558. The third-order valence-corrected chi connectivity index (χ3v) is 5.28. The Labute approximate surface area is 141 Å². The Hall–Kier alpha value is 0.360. The van der Waals surface area contributed by atoms with E-state index in [1.165, 1.54) is 16.7 Å². The zero-order chi connectivity index (χ0) is 13.3. The van der Waals surface area contributed by atoms with Crippen LogP contribution >= 0.6 is 63.7 Å². The molecule has 0 amide bonds. The molecule has 1 atom stereocenters. The summed E-state index contributed by atoms with van der Waals surface area (Å²) in [6, 6.07) is 12.6. The summed E-state index contributed by atoms with van der Waals surface area (Å²) in [7, 11) is 0. The molecule has 0 nitrogen and oxygen atoms in total. The zero-order valence-electron chi connectivity index (χ0n) is 9.55. The van der Waals surface area contributed by atoms with Crippen LogP contribution in [-0.2, 0) is 0 Å². The van der Waals surface area contributed by atoms with E-state index in [1.807, 2.05) is 6.07 Å². The summed E-state index contributed by atoms with van der Waals surface area (Å²) in [5.41, 5.74) is 3.69. The van der Waals surface area contributed by atoms with Crippen molar-refractivity contribution in [2.24, 2.45) is 0 Å². The van der Waals surface area contributed by atoms with E-state index in [9.17, 15) is 0 Å². The highest BCUT2D eigenvalue weighted by molar-refractivity contribution is 9.11. The summed E-state index contributed by atoms with van der Waals surface area (Å²) in [4.78, 5) is 0.167. The van der Waals surface area contributed by atoms with Gasteiger partial charge in [-0.05, 0) is 53.9 Å². The largest absolute Gasteiger partial charge is 0.0786 e. The molecule has 0 saturated carbocycles. The molecule has 2 aromatic rings. The summed E-state index contributed by atoms with van der Waals surface area (Å²) >= 11 is 14.4. The zero-order valence-corrected chi connectivity index (χ0v) is 15.9. The summed E-state index contributed by atoms with van der Waals surface area (Å²) in [6.07, 6.45) is 0. The minimum Gasteiger partial charge on any atom is -0.0786 e. The van der Waals surface area contributed by atoms with Gasteiger partial charge in [-0.1, -0.05) is 69.8 Å². The van der Waals surface area contributed by atoms with Crippen LogP contribution in [0.2, 0.25) is 0 Å². The molecule has 0 fully saturated rings. The Kier molecular flexibility index (Phi) is 5.09. The predicted octanol–water partition coefficient (Wildman–Crippen LogP) is 6.77. The molecule has 0 aliphatic rings. The molecule has 0 saturated heterocycles. The van der Waals surface area contributed by atoms with Gasteiger partial charge in [-0.15, -0.1) is 0 Å². The van der Waals surface area contributed by atoms with Crippen molar-refractivity contribution in [1.82, 2.24) is 0 Å². The van der Waals surface area contributed by atoms with Gasteiger partial charge in [0.15, 0.2) is 0 Å². The molecular formula is C14H10Br4. The standard InChI is InChI=1S/C14H10Br4/c1-8-4-9(6-11(16)5-8)14(18)12-7-10(15)2-3-13(12)17/h2-7,14H,1H3. The second kappa shape index (κ2) is 6.21. The molecule has 2 aromatic carbocycles. The van der Waals surface area contributed by atoms with Gasteiger partial charge in [-0.2, -0.15) is 0 Å². The van der Waals surface area contributed by atoms with E-state index in [-0.39, 0.29) is 4.83 Å². The quantitative estimate of drug-likeness (QED) is 0.402. The first-order valence-electron chi connectivity index (χ1n) is 5.33. The van der Waals surface area contributed by atoms with Gasteiger partial charge in [0.25, 0.3) is 0 Å². The highest BCUT2D eigenvalue weighted by Crippen LogP contribution is 2.38. The second-order valence-electron chi connectivity index (χ2n) is 4.09. The second-order valence-corrected chi connectivity index (χ2v) is 7.69. The van der Waals surface area contributed by atoms with Gasteiger partial charge in [0.2, 0.25) is 0 Å². The van der Waals surface area contributed by atoms with Crippen LogP contribution in [0.25, 0.3) is 0 Å². The smallest absolute Gasteiger partial charge is 0.0656 e. The Balaban J connectivity index is 2.47. The SMILES string of the molecule is Cc1cc(Br)cc(C(Br)c2cc(Br)ccc2Br)c1. The molecule has 0 heterocycles. The van der Waals surface area contributed by atoms with Crippen LogP contribution in [0.15, 0.2) is 49.8 Å². The highest BCUT2D eigenvalue weighted by atomic mass is 79.9. The molecule has 0 aliphatic heterocycles. The van der Waals surface area contributed by atoms with Crippen LogP contribution in [0.3, 0.4) is 0 Å². The van der Waals surface area contributed by atoms with E-state index in [2.05, 4.69) is 101 Å². The van der Waals surface area contributed by atoms with Crippen molar-refractivity contribution in [2.75, 3.05) is 0 Å². The average Bonchev–Trinajstić information content (AvgIpc) is 2.30. The van der Waals surface area contributed by atoms with E-state index in [0.29, 0.717) is 0 Å². The lowest BCUT2D eigenvalue weighted by atomic mass is 10.0. The van der Waals surface area contributed by atoms with Crippen LogP contribution in [-0.4, -0.2) is 0 Å². The molecule has 0 aromatic heterocycles. The molecule has 94 valence electrons. The predicted molar refractivity (Wildman–Crippen MR) is 91.5 cm³/mol. The highest BCUT2D eigenvalue weighted by Gasteiger charge is 2.14. The molecule has 18 heavy (non-hydrogen) atoms.